The lowest BCUT2D eigenvalue weighted by molar-refractivity contribution is -0.123. The Morgan fingerprint density at radius 2 is 1.88 bits per heavy atom. The zero-order valence-corrected chi connectivity index (χ0v) is 14.8. The minimum absolute atomic E-state index is 0.136. The lowest BCUT2D eigenvalue weighted by Crippen LogP contribution is -2.39. The molecule has 24 heavy (non-hydrogen) atoms. The van der Waals surface area contributed by atoms with Crippen molar-refractivity contribution < 1.29 is 14.6 Å². The van der Waals surface area contributed by atoms with Gasteiger partial charge in [0.05, 0.1) is 30.9 Å². The molecule has 0 unspecified atom stereocenters. The molecule has 1 heterocycles. The van der Waals surface area contributed by atoms with Crippen LogP contribution in [0, 0.1) is 13.8 Å². The van der Waals surface area contributed by atoms with E-state index in [1.54, 1.807) is 38.3 Å². The molecule has 1 aromatic heterocycles. The van der Waals surface area contributed by atoms with Crippen molar-refractivity contribution in [3.8, 4) is 5.75 Å². The summed E-state index contributed by atoms with van der Waals surface area (Å²) < 4.78 is 5.11. The molecule has 0 saturated carbocycles. The van der Waals surface area contributed by atoms with Crippen LogP contribution in [0.15, 0.2) is 24.3 Å². The molecule has 2 aromatic rings. The molecule has 0 saturated heterocycles. The quantitative estimate of drug-likeness (QED) is 0.758. The molecule has 2 rings (SSSR count). The summed E-state index contributed by atoms with van der Waals surface area (Å²) in [6, 6.07) is 6.74. The Morgan fingerprint density at radius 1 is 1.25 bits per heavy atom. The predicted octanol–water partition coefficient (Wildman–Crippen LogP) is 2.38. The molecule has 0 aliphatic carbocycles. The Bertz CT molecular complexity index is 675. The topological polar surface area (TPSA) is 87.2 Å². The number of H-pyrrole nitrogens is 1. The zero-order chi connectivity index (χ0) is 17.9. The van der Waals surface area contributed by atoms with E-state index in [2.05, 4.69) is 15.5 Å². The molecule has 6 nitrogen and oxygen atoms in total. The van der Waals surface area contributed by atoms with Crippen molar-refractivity contribution in [1.82, 2.24) is 15.5 Å². The Kier molecular flexibility index (Phi) is 5.62. The highest BCUT2D eigenvalue weighted by Crippen LogP contribution is 2.24. The Labute approximate surface area is 142 Å². The van der Waals surface area contributed by atoms with Gasteiger partial charge < -0.3 is 15.2 Å². The molecule has 0 radical (unpaired) electrons. The van der Waals surface area contributed by atoms with Crippen LogP contribution in [0.25, 0.3) is 0 Å². The molecule has 0 aliphatic rings. The Hall–Kier alpha value is -2.34. The van der Waals surface area contributed by atoms with Crippen LogP contribution in [0.1, 0.15) is 48.4 Å². The zero-order valence-electron chi connectivity index (χ0n) is 14.8. The van der Waals surface area contributed by atoms with Gasteiger partial charge in [0.2, 0.25) is 5.91 Å². The number of aromatic amines is 1. The van der Waals surface area contributed by atoms with Crippen LogP contribution >= 0.6 is 0 Å². The number of aryl methyl sites for hydroxylation is 2. The summed E-state index contributed by atoms with van der Waals surface area (Å²) in [6.45, 7) is 7.40. The minimum Gasteiger partial charge on any atom is -0.497 e. The number of benzene rings is 1. The number of nitrogens with zero attached hydrogens (tertiary/aromatic N) is 1. The van der Waals surface area contributed by atoms with Crippen LogP contribution in [0.2, 0.25) is 0 Å². The monoisotopic (exact) mass is 331 g/mol. The van der Waals surface area contributed by atoms with Crippen LogP contribution in [-0.4, -0.2) is 34.4 Å². The van der Waals surface area contributed by atoms with Crippen LogP contribution < -0.4 is 10.1 Å². The number of carbonyl (C=O) groups excluding carboxylic acids is 1. The largest absolute Gasteiger partial charge is 0.497 e. The molecule has 1 aromatic carbocycles. The van der Waals surface area contributed by atoms with E-state index in [9.17, 15) is 9.90 Å². The lowest BCUT2D eigenvalue weighted by atomic mass is 9.97. The first-order valence-corrected chi connectivity index (χ1v) is 7.99. The number of amides is 1. The van der Waals surface area contributed by atoms with E-state index in [1.807, 2.05) is 20.8 Å². The van der Waals surface area contributed by atoms with Gasteiger partial charge in [-0.05, 0) is 45.4 Å². The highest BCUT2D eigenvalue weighted by molar-refractivity contribution is 5.84. The summed E-state index contributed by atoms with van der Waals surface area (Å²) in [5.74, 6) is 0.249. The molecule has 3 N–H and O–H groups in total. The summed E-state index contributed by atoms with van der Waals surface area (Å²) in [6.07, 6.45) is -0.793. The van der Waals surface area contributed by atoms with E-state index in [-0.39, 0.29) is 11.8 Å². The van der Waals surface area contributed by atoms with Gasteiger partial charge >= 0.3 is 0 Å². The minimum atomic E-state index is -0.793. The standard InChI is InChI=1S/C18H25N3O3/c1-10(16-11(2)20-21-12(16)3)18(23)19-13(4)17(22)14-6-8-15(24-5)9-7-14/h6-10,13,17,22H,1-5H3,(H,19,23)(H,20,21)/t10-,13+,17-/m1/s1. The molecular weight excluding hydrogens is 306 g/mol. The maximum atomic E-state index is 12.5. The van der Waals surface area contributed by atoms with Crippen LogP contribution in [0.3, 0.4) is 0 Å². The lowest BCUT2D eigenvalue weighted by Gasteiger charge is -2.23. The van der Waals surface area contributed by atoms with Gasteiger partial charge in [0, 0.05) is 11.3 Å². The van der Waals surface area contributed by atoms with Gasteiger partial charge in [-0.25, -0.2) is 0 Å². The number of aromatic nitrogens is 2. The third-order valence-electron chi connectivity index (χ3n) is 4.31. The van der Waals surface area contributed by atoms with Gasteiger partial charge in [0.15, 0.2) is 0 Å². The molecule has 1 amide bonds. The maximum absolute atomic E-state index is 12.5. The van der Waals surface area contributed by atoms with E-state index < -0.39 is 12.1 Å². The maximum Gasteiger partial charge on any atom is 0.227 e. The van der Waals surface area contributed by atoms with Crippen LogP contribution in [-0.2, 0) is 4.79 Å². The van der Waals surface area contributed by atoms with Crippen molar-refractivity contribution in [3.05, 3.63) is 46.8 Å². The second kappa shape index (κ2) is 7.49. The molecule has 0 aliphatic heterocycles. The number of aliphatic hydroxyl groups excluding tert-OH is 1. The van der Waals surface area contributed by atoms with E-state index in [1.165, 1.54) is 0 Å². The van der Waals surface area contributed by atoms with Crippen molar-refractivity contribution in [3.63, 3.8) is 0 Å². The average molecular weight is 331 g/mol. The number of nitrogens with one attached hydrogen (secondary N) is 2. The number of methoxy groups -OCH3 is 1. The van der Waals surface area contributed by atoms with E-state index in [4.69, 9.17) is 4.74 Å². The highest BCUT2D eigenvalue weighted by Gasteiger charge is 2.25. The van der Waals surface area contributed by atoms with Gasteiger partial charge in [-0.3, -0.25) is 9.89 Å². The second-order valence-corrected chi connectivity index (χ2v) is 6.08. The summed E-state index contributed by atoms with van der Waals surface area (Å²) >= 11 is 0. The molecule has 3 atom stereocenters. The highest BCUT2D eigenvalue weighted by atomic mass is 16.5. The molecule has 6 heteroatoms. The summed E-state index contributed by atoms with van der Waals surface area (Å²) in [5.41, 5.74) is 3.34. The molecule has 0 fully saturated rings. The number of carbonyl (C=O) groups is 1. The second-order valence-electron chi connectivity index (χ2n) is 6.08. The fraction of sp³-hybridized carbons (Fsp3) is 0.444. The Balaban J connectivity index is 2.04. The fourth-order valence-corrected chi connectivity index (χ4v) is 2.85. The summed E-state index contributed by atoms with van der Waals surface area (Å²) in [7, 11) is 1.59. The van der Waals surface area contributed by atoms with Crippen molar-refractivity contribution in [2.24, 2.45) is 0 Å². The Morgan fingerprint density at radius 3 is 2.38 bits per heavy atom. The number of ether oxygens (including phenoxy) is 1. The van der Waals surface area contributed by atoms with Crippen molar-refractivity contribution >= 4 is 5.91 Å². The summed E-state index contributed by atoms with van der Waals surface area (Å²) in [5, 5.41) is 20.4. The number of hydrogen-bond donors (Lipinski definition) is 3. The first-order chi connectivity index (χ1) is 11.3. The number of rotatable bonds is 6. The van der Waals surface area contributed by atoms with Gasteiger partial charge in [-0.1, -0.05) is 12.1 Å². The smallest absolute Gasteiger partial charge is 0.227 e. The fourth-order valence-electron chi connectivity index (χ4n) is 2.85. The molecule has 0 bridgehead atoms. The van der Waals surface area contributed by atoms with E-state index in [0.29, 0.717) is 0 Å². The third kappa shape index (κ3) is 3.76. The normalized spacial score (nSPS) is 14.8. The number of hydrogen-bond acceptors (Lipinski definition) is 4. The summed E-state index contributed by atoms with van der Waals surface area (Å²) in [4.78, 5) is 12.5. The first kappa shape index (κ1) is 18.0. The van der Waals surface area contributed by atoms with Crippen molar-refractivity contribution in [2.75, 3.05) is 7.11 Å². The van der Waals surface area contributed by atoms with E-state index >= 15 is 0 Å². The van der Waals surface area contributed by atoms with Gasteiger partial charge in [0.25, 0.3) is 0 Å². The first-order valence-electron chi connectivity index (χ1n) is 7.99. The van der Waals surface area contributed by atoms with Crippen LogP contribution in [0.5, 0.6) is 5.75 Å². The molecule has 130 valence electrons. The SMILES string of the molecule is COc1ccc([C@H](O)[C@H](C)NC(=O)[C@H](C)c2c(C)n[nH]c2C)cc1. The van der Waals surface area contributed by atoms with Gasteiger partial charge in [-0.15, -0.1) is 0 Å². The van der Waals surface area contributed by atoms with E-state index in [0.717, 1.165) is 28.3 Å². The van der Waals surface area contributed by atoms with Crippen molar-refractivity contribution in [2.45, 2.75) is 45.8 Å². The molecular formula is C18H25N3O3. The third-order valence-corrected chi connectivity index (χ3v) is 4.31. The molecule has 0 spiro atoms. The van der Waals surface area contributed by atoms with Crippen molar-refractivity contribution in [1.29, 1.82) is 0 Å². The predicted molar refractivity (Wildman–Crippen MR) is 92.0 cm³/mol. The van der Waals surface area contributed by atoms with Gasteiger partial charge in [-0.2, -0.15) is 5.10 Å². The average Bonchev–Trinajstić information content (AvgIpc) is 2.92. The number of aliphatic hydroxyl groups is 1. The van der Waals surface area contributed by atoms with Gasteiger partial charge in [0.1, 0.15) is 5.75 Å². The van der Waals surface area contributed by atoms with Crippen LogP contribution in [0.4, 0.5) is 0 Å².